The van der Waals surface area contributed by atoms with Gasteiger partial charge in [-0.2, -0.15) is 0 Å². The van der Waals surface area contributed by atoms with Crippen molar-refractivity contribution in [3.63, 3.8) is 0 Å². The standard InChI is InChI=1S/C21H26FN3O2/c1-16(26)23-9-8-17-2-4-18(5-3-17)15-24-10-12-25(13-11-24)20-7-6-19(22)14-21(20)27/h2-7,14,27H,8-13,15H2,1H3,(H,23,26). The van der Waals surface area contributed by atoms with Gasteiger partial charge in [-0.25, -0.2) is 4.39 Å². The van der Waals surface area contributed by atoms with Crippen molar-refractivity contribution in [3.05, 3.63) is 59.4 Å². The first kappa shape index (κ1) is 19.2. The summed E-state index contributed by atoms with van der Waals surface area (Å²) in [5, 5.41) is 12.8. The number of piperazine rings is 1. The fourth-order valence-electron chi connectivity index (χ4n) is 3.36. The number of benzene rings is 2. The predicted octanol–water partition coefficient (Wildman–Crippen LogP) is 2.53. The van der Waals surface area contributed by atoms with Crippen LogP contribution >= 0.6 is 0 Å². The summed E-state index contributed by atoms with van der Waals surface area (Å²) in [6.07, 6.45) is 0.833. The quantitative estimate of drug-likeness (QED) is 0.819. The van der Waals surface area contributed by atoms with E-state index in [1.807, 2.05) is 0 Å². The summed E-state index contributed by atoms with van der Waals surface area (Å²) in [6, 6.07) is 12.7. The molecule has 2 N–H and O–H groups in total. The van der Waals surface area contributed by atoms with Gasteiger partial charge in [0.1, 0.15) is 11.6 Å². The minimum Gasteiger partial charge on any atom is -0.506 e. The van der Waals surface area contributed by atoms with Gasteiger partial charge in [-0.1, -0.05) is 24.3 Å². The van der Waals surface area contributed by atoms with Gasteiger partial charge < -0.3 is 15.3 Å². The monoisotopic (exact) mass is 371 g/mol. The molecule has 0 atom stereocenters. The molecule has 27 heavy (non-hydrogen) atoms. The zero-order valence-corrected chi connectivity index (χ0v) is 15.6. The van der Waals surface area contributed by atoms with E-state index in [4.69, 9.17) is 0 Å². The molecule has 0 radical (unpaired) electrons. The Bertz CT molecular complexity index is 771. The number of amides is 1. The van der Waals surface area contributed by atoms with Gasteiger partial charge in [0.15, 0.2) is 0 Å². The summed E-state index contributed by atoms with van der Waals surface area (Å²) >= 11 is 0. The number of nitrogens with one attached hydrogen (secondary N) is 1. The van der Waals surface area contributed by atoms with E-state index in [0.29, 0.717) is 12.2 Å². The van der Waals surface area contributed by atoms with Crippen molar-refractivity contribution >= 4 is 11.6 Å². The lowest BCUT2D eigenvalue weighted by molar-refractivity contribution is -0.118. The Labute approximate surface area is 159 Å². The lowest BCUT2D eigenvalue weighted by atomic mass is 10.1. The van der Waals surface area contributed by atoms with Crippen molar-refractivity contribution in [2.45, 2.75) is 19.9 Å². The maximum absolute atomic E-state index is 13.1. The average molecular weight is 371 g/mol. The van der Waals surface area contributed by atoms with Gasteiger partial charge in [0.25, 0.3) is 0 Å². The molecule has 0 unspecified atom stereocenters. The van der Waals surface area contributed by atoms with Crippen LogP contribution in [0.25, 0.3) is 0 Å². The molecule has 0 bridgehead atoms. The highest BCUT2D eigenvalue weighted by atomic mass is 19.1. The molecule has 2 aromatic rings. The molecule has 1 fully saturated rings. The number of hydrogen-bond acceptors (Lipinski definition) is 4. The SMILES string of the molecule is CC(=O)NCCc1ccc(CN2CCN(c3ccc(F)cc3O)CC2)cc1. The van der Waals surface area contributed by atoms with Gasteiger partial charge in [0.05, 0.1) is 5.69 Å². The molecule has 6 heteroatoms. The molecule has 1 saturated heterocycles. The second kappa shape index (κ2) is 8.86. The van der Waals surface area contributed by atoms with Crippen molar-refractivity contribution < 1.29 is 14.3 Å². The fraction of sp³-hybridized carbons (Fsp3) is 0.381. The van der Waals surface area contributed by atoms with E-state index in [1.54, 1.807) is 6.07 Å². The topological polar surface area (TPSA) is 55.8 Å². The number of halogens is 1. The summed E-state index contributed by atoms with van der Waals surface area (Å²) in [5.41, 5.74) is 3.17. The Kier molecular flexibility index (Phi) is 6.29. The van der Waals surface area contributed by atoms with Crippen molar-refractivity contribution in [1.29, 1.82) is 0 Å². The number of rotatable bonds is 6. The molecule has 0 saturated carbocycles. The highest BCUT2D eigenvalue weighted by Crippen LogP contribution is 2.28. The average Bonchev–Trinajstić information content (AvgIpc) is 2.64. The van der Waals surface area contributed by atoms with Crippen molar-refractivity contribution in [1.82, 2.24) is 10.2 Å². The summed E-state index contributed by atoms with van der Waals surface area (Å²) in [7, 11) is 0. The van der Waals surface area contributed by atoms with Crippen LogP contribution in [0.4, 0.5) is 10.1 Å². The molecule has 5 nitrogen and oxygen atoms in total. The number of nitrogens with zero attached hydrogens (tertiary/aromatic N) is 2. The van der Waals surface area contributed by atoms with Gasteiger partial charge in [0.2, 0.25) is 5.91 Å². The van der Waals surface area contributed by atoms with Gasteiger partial charge in [-0.3, -0.25) is 9.69 Å². The van der Waals surface area contributed by atoms with Crippen LogP contribution in [-0.4, -0.2) is 48.6 Å². The Morgan fingerprint density at radius 2 is 1.74 bits per heavy atom. The number of anilines is 1. The molecule has 1 amide bonds. The van der Waals surface area contributed by atoms with E-state index in [1.165, 1.54) is 24.1 Å². The minimum atomic E-state index is -0.421. The van der Waals surface area contributed by atoms with Crippen molar-refractivity contribution in [2.75, 3.05) is 37.6 Å². The first-order chi connectivity index (χ1) is 13.0. The maximum Gasteiger partial charge on any atom is 0.216 e. The first-order valence-electron chi connectivity index (χ1n) is 9.29. The van der Waals surface area contributed by atoms with E-state index < -0.39 is 5.82 Å². The molecular formula is C21H26FN3O2. The highest BCUT2D eigenvalue weighted by molar-refractivity contribution is 5.72. The molecule has 0 spiro atoms. The third-order valence-corrected chi connectivity index (χ3v) is 4.87. The maximum atomic E-state index is 13.1. The van der Waals surface area contributed by atoms with Crippen molar-refractivity contribution in [3.8, 4) is 5.75 Å². The third kappa shape index (κ3) is 5.44. The Morgan fingerprint density at radius 1 is 1.07 bits per heavy atom. The summed E-state index contributed by atoms with van der Waals surface area (Å²) in [6.45, 7) is 6.45. The molecule has 1 aliphatic heterocycles. The number of phenols is 1. The number of phenolic OH excluding ortho intramolecular Hbond substituents is 1. The second-order valence-electron chi connectivity index (χ2n) is 6.95. The summed E-state index contributed by atoms with van der Waals surface area (Å²) < 4.78 is 13.1. The smallest absolute Gasteiger partial charge is 0.216 e. The highest BCUT2D eigenvalue weighted by Gasteiger charge is 2.19. The summed E-state index contributed by atoms with van der Waals surface area (Å²) in [4.78, 5) is 15.4. The zero-order valence-electron chi connectivity index (χ0n) is 15.6. The predicted molar refractivity (Wildman–Crippen MR) is 104 cm³/mol. The van der Waals surface area contributed by atoms with Crippen LogP contribution in [-0.2, 0) is 17.8 Å². The lowest BCUT2D eigenvalue weighted by Crippen LogP contribution is -2.46. The zero-order chi connectivity index (χ0) is 19.2. The van der Waals surface area contributed by atoms with Crippen LogP contribution in [0.15, 0.2) is 42.5 Å². The molecule has 3 rings (SSSR count). The molecule has 1 aliphatic rings. The van der Waals surface area contributed by atoms with Crippen LogP contribution in [0, 0.1) is 5.82 Å². The molecule has 0 aliphatic carbocycles. The van der Waals surface area contributed by atoms with E-state index in [0.717, 1.165) is 45.2 Å². The van der Waals surface area contributed by atoms with Gasteiger partial charge >= 0.3 is 0 Å². The molecule has 2 aromatic carbocycles. The van der Waals surface area contributed by atoms with E-state index in [-0.39, 0.29) is 11.7 Å². The van der Waals surface area contributed by atoms with Gasteiger partial charge in [-0.05, 0) is 29.7 Å². The van der Waals surface area contributed by atoms with Crippen LogP contribution in [0.5, 0.6) is 5.75 Å². The fourth-order valence-corrected chi connectivity index (χ4v) is 3.36. The van der Waals surface area contributed by atoms with Gasteiger partial charge in [0, 0.05) is 52.3 Å². The number of carbonyl (C=O) groups excluding carboxylic acids is 1. The van der Waals surface area contributed by atoms with Crippen LogP contribution in [0.2, 0.25) is 0 Å². The molecular weight excluding hydrogens is 345 g/mol. The largest absolute Gasteiger partial charge is 0.506 e. The van der Waals surface area contributed by atoms with Gasteiger partial charge in [-0.15, -0.1) is 0 Å². The van der Waals surface area contributed by atoms with E-state index in [2.05, 4.69) is 39.4 Å². The molecule has 144 valence electrons. The van der Waals surface area contributed by atoms with E-state index in [9.17, 15) is 14.3 Å². The summed E-state index contributed by atoms with van der Waals surface area (Å²) in [5.74, 6) is -0.423. The first-order valence-corrected chi connectivity index (χ1v) is 9.29. The third-order valence-electron chi connectivity index (χ3n) is 4.87. The molecule has 1 heterocycles. The number of aromatic hydroxyl groups is 1. The Morgan fingerprint density at radius 3 is 2.37 bits per heavy atom. The van der Waals surface area contributed by atoms with Crippen LogP contribution < -0.4 is 10.2 Å². The minimum absolute atomic E-state index is 0.000261. The Balaban J connectivity index is 1.48. The Hall–Kier alpha value is -2.60. The number of hydrogen-bond donors (Lipinski definition) is 2. The normalized spacial score (nSPS) is 15.0. The van der Waals surface area contributed by atoms with Crippen LogP contribution in [0.1, 0.15) is 18.1 Å². The second-order valence-corrected chi connectivity index (χ2v) is 6.95. The van der Waals surface area contributed by atoms with Crippen molar-refractivity contribution in [2.24, 2.45) is 0 Å². The lowest BCUT2D eigenvalue weighted by Gasteiger charge is -2.36. The van der Waals surface area contributed by atoms with E-state index >= 15 is 0 Å². The van der Waals surface area contributed by atoms with Crippen LogP contribution in [0.3, 0.4) is 0 Å². The molecule has 0 aromatic heterocycles. The number of carbonyl (C=O) groups is 1.